The SMILES string of the molecule is COc1cc(OC)c2cc(C(=O)N3CCC(Cc4ccccc4)CC3)[nH]c2c1. The van der Waals surface area contributed by atoms with E-state index in [-0.39, 0.29) is 5.91 Å². The van der Waals surface area contributed by atoms with E-state index in [2.05, 4.69) is 35.3 Å². The van der Waals surface area contributed by atoms with Gasteiger partial charge in [0.2, 0.25) is 0 Å². The Morgan fingerprint density at radius 2 is 1.82 bits per heavy atom. The van der Waals surface area contributed by atoms with E-state index in [0.717, 1.165) is 43.3 Å². The number of H-pyrrole nitrogens is 1. The minimum atomic E-state index is 0.0513. The number of likely N-dealkylation sites (tertiary alicyclic amines) is 1. The number of amides is 1. The summed E-state index contributed by atoms with van der Waals surface area (Å²) in [5, 5.41) is 0.894. The lowest BCUT2D eigenvalue weighted by atomic mass is 9.90. The van der Waals surface area contributed by atoms with E-state index in [1.54, 1.807) is 14.2 Å². The van der Waals surface area contributed by atoms with Gasteiger partial charge in [-0.25, -0.2) is 0 Å². The number of nitrogens with zero attached hydrogens (tertiary/aromatic N) is 1. The molecule has 3 aromatic rings. The van der Waals surface area contributed by atoms with E-state index in [4.69, 9.17) is 9.47 Å². The quantitative estimate of drug-likeness (QED) is 0.721. The van der Waals surface area contributed by atoms with Crippen molar-refractivity contribution >= 4 is 16.8 Å². The Balaban J connectivity index is 1.45. The molecule has 0 bridgehead atoms. The van der Waals surface area contributed by atoms with Gasteiger partial charge in [-0.1, -0.05) is 30.3 Å². The minimum absolute atomic E-state index is 0.0513. The maximum Gasteiger partial charge on any atom is 0.270 e. The molecule has 28 heavy (non-hydrogen) atoms. The zero-order valence-electron chi connectivity index (χ0n) is 16.4. The first kappa shape index (κ1) is 18.4. The van der Waals surface area contributed by atoms with Gasteiger partial charge in [0.25, 0.3) is 5.91 Å². The van der Waals surface area contributed by atoms with Gasteiger partial charge >= 0.3 is 0 Å². The van der Waals surface area contributed by atoms with Crippen LogP contribution < -0.4 is 9.47 Å². The molecule has 2 heterocycles. The van der Waals surface area contributed by atoms with Gasteiger partial charge in [0.15, 0.2) is 0 Å². The molecule has 0 unspecified atom stereocenters. The van der Waals surface area contributed by atoms with Crippen LogP contribution in [-0.4, -0.2) is 43.1 Å². The van der Waals surface area contributed by atoms with E-state index >= 15 is 0 Å². The lowest BCUT2D eigenvalue weighted by Gasteiger charge is -2.31. The highest BCUT2D eigenvalue weighted by atomic mass is 16.5. The largest absolute Gasteiger partial charge is 0.497 e. The van der Waals surface area contributed by atoms with Crippen molar-refractivity contribution in [3.05, 3.63) is 59.8 Å². The molecule has 0 atom stereocenters. The molecule has 5 heteroatoms. The van der Waals surface area contributed by atoms with E-state index in [9.17, 15) is 4.79 Å². The highest BCUT2D eigenvalue weighted by molar-refractivity contribution is 6.00. The zero-order chi connectivity index (χ0) is 19.5. The second-order valence-electron chi connectivity index (χ2n) is 7.40. The average Bonchev–Trinajstić information content (AvgIpc) is 3.18. The predicted octanol–water partition coefficient (Wildman–Crippen LogP) is 4.28. The Labute approximate surface area is 165 Å². The fourth-order valence-corrected chi connectivity index (χ4v) is 4.04. The number of aromatic nitrogens is 1. The second kappa shape index (κ2) is 7.97. The number of hydrogen-bond acceptors (Lipinski definition) is 3. The molecule has 1 aliphatic rings. The standard InChI is InChI=1S/C23H26N2O3/c1-27-18-13-20-19(22(14-18)28-2)15-21(24-20)23(26)25-10-8-17(9-11-25)12-16-6-4-3-5-7-16/h3-7,13-15,17,24H,8-12H2,1-2H3. The smallest absolute Gasteiger partial charge is 0.270 e. The van der Waals surface area contributed by atoms with E-state index in [1.807, 2.05) is 23.1 Å². The molecule has 1 N–H and O–H groups in total. The molecule has 1 aliphatic heterocycles. The Morgan fingerprint density at radius 1 is 1.07 bits per heavy atom. The number of ether oxygens (including phenoxy) is 2. The van der Waals surface area contributed by atoms with Gasteiger partial charge in [0.05, 0.1) is 19.7 Å². The Bertz CT molecular complexity index is 957. The summed E-state index contributed by atoms with van der Waals surface area (Å²) in [5.41, 5.74) is 2.82. The summed E-state index contributed by atoms with van der Waals surface area (Å²) in [6.07, 6.45) is 3.17. The van der Waals surface area contributed by atoms with Crippen LogP contribution in [0.15, 0.2) is 48.5 Å². The van der Waals surface area contributed by atoms with E-state index in [1.165, 1.54) is 5.56 Å². The summed E-state index contributed by atoms with van der Waals surface area (Å²) >= 11 is 0. The fraction of sp³-hybridized carbons (Fsp3) is 0.348. The van der Waals surface area contributed by atoms with Gasteiger partial charge in [-0.3, -0.25) is 4.79 Å². The Morgan fingerprint density at radius 3 is 2.50 bits per heavy atom. The normalized spacial score (nSPS) is 15.0. The number of piperidine rings is 1. The molecule has 0 radical (unpaired) electrons. The lowest BCUT2D eigenvalue weighted by molar-refractivity contribution is 0.0685. The van der Waals surface area contributed by atoms with Crippen molar-refractivity contribution in [1.29, 1.82) is 0 Å². The molecular weight excluding hydrogens is 352 g/mol. The van der Waals surface area contributed by atoms with Gasteiger partial charge in [-0.05, 0) is 36.8 Å². The monoisotopic (exact) mass is 378 g/mol. The minimum Gasteiger partial charge on any atom is -0.497 e. The number of benzene rings is 2. The van der Waals surface area contributed by atoms with Crippen molar-refractivity contribution in [2.75, 3.05) is 27.3 Å². The van der Waals surface area contributed by atoms with Crippen LogP contribution in [-0.2, 0) is 6.42 Å². The van der Waals surface area contributed by atoms with Crippen LogP contribution in [0.4, 0.5) is 0 Å². The van der Waals surface area contributed by atoms with Gasteiger partial charge in [-0.15, -0.1) is 0 Å². The maximum absolute atomic E-state index is 13.0. The van der Waals surface area contributed by atoms with Crippen molar-refractivity contribution in [2.24, 2.45) is 5.92 Å². The number of nitrogens with one attached hydrogen (secondary N) is 1. The molecule has 2 aromatic carbocycles. The summed E-state index contributed by atoms with van der Waals surface area (Å²) < 4.78 is 10.8. The van der Waals surface area contributed by atoms with Crippen LogP contribution >= 0.6 is 0 Å². The van der Waals surface area contributed by atoms with Gasteiger partial charge in [0.1, 0.15) is 17.2 Å². The van der Waals surface area contributed by atoms with Crippen molar-refractivity contribution < 1.29 is 14.3 Å². The summed E-state index contributed by atoms with van der Waals surface area (Å²) in [7, 11) is 3.25. The summed E-state index contributed by atoms with van der Waals surface area (Å²) in [4.78, 5) is 18.2. The summed E-state index contributed by atoms with van der Waals surface area (Å²) in [6, 6.07) is 16.2. The number of methoxy groups -OCH3 is 2. The van der Waals surface area contributed by atoms with Crippen molar-refractivity contribution in [1.82, 2.24) is 9.88 Å². The van der Waals surface area contributed by atoms with Crippen LogP contribution in [0.2, 0.25) is 0 Å². The van der Waals surface area contributed by atoms with Gasteiger partial charge in [-0.2, -0.15) is 0 Å². The molecule has 5 nitrogen and oxygen atoms in total. The molecule has 1 saturated heterocycles. The third-order valence-electron chi connectivity index (χ3n) is 5.63. The van der Waals surface area contributed by atoms with Crippen molar-refractivity contribution in [3.8, 4) is 11.5 Å². The highest BCUT2D eigenvalue weighted by Crippen LogP contribution is 2.32. The van der Waals surface area contributed by atoms with E-state index < -0.39 is 0 Å². The van der Waals surface area contributed by atoms with Crippen LogP contribution in [0, 0.1) is 5.92 Å². The maximum atomic E-state index is 13.0. The zero-order valence-corrected chi connectivity index (χ0v) is 16.4. The lowest BCUT2D eigenvalue weighted by Crippen LogP contribution is -2.39. The van der Waals surface area contributed by atoms with Gasteiger partial charge < -0.3 is 19.4 Å². The average molecular weight is 378 g/mol. The van der Waals surface area contributed by atoms with E-state index in [0.29, 0.717) is 23.1 Å². The first-order valence-electron chi connectivity index (χ1n) is 9.76. The fourth-order valence-electron chi connectivity index (χ4n) is 4.04. The number of carbonyl (C=O) groups excluding carboxylic acids is 1. The summed E-state index contributed by atoms with van der Waals surface area (Å²) in [6.45, 7) is 1.60. The van der Waals surface area contributed by atoms with Crippen LogP contribution in [0.5, 0.6) is 11.5 Å². The number of carbonyl (C=O) groups is 1. The Kier molecular flexibility index (Phi) is 5.24. The molecule has 1 amide bonds. The third-order valence-corrected chi connectivity index (χ3v) is 5.63. The molecule has 0 spiro atoms. The second-order valence-corrected chi connectivity index (χ2v) is 7.40. The Hall–Kier alpha value is -2.95. The number of fused-ring (bicyclic) bond motifs is 1. The van der Waals surface area contributed by atoms with Crippen LogP contribution in [0.1, 0.15) is 28.9 Å². The molecular formula is C23H26N2O3. The molecule has 4 rings (SSSR count). The topological polar surface area (TPSA) is 54.6 Å². The number of rotatable bonds is 5. The molecule has 146 valence electrons. The number of aromatic amines is 1. The summed E-state index contributed by atoms with van der Waals surface area (Å²) in [5.74, 6) is 2.09. The molecule has 0 saturated carbocycles. The molecule has 1 fully saturated rings. The molecule has 1 aromatic heterocycles. The van der Waals surface area contributed by atoms with Crippen molar-refractivity contribution in [2.45, 2.75) is 19.3 Å². The molecule has 0 aliphatic carbocycles. The van der Waals surface area contributed by atoms with Crippen LogP contribution in [0.25, 0.3) is 10.9 Å². The third kappa shape index (κ3) is 3.70. The van der Waals surface area contributed by atoms with Crippen molar-refractivity contribution in [3.63, 3.8) is 0 Å². The number of hydrogen-bond donors (Lipinski definition) is 1. The van der Waals surface area contributed by atoms with Gasteiger partial charge in [0, 0.05) is 30.6 Å². The van der Waals surface area contributed by atoms with Crippen LogP contribution in [0.3, 0.4) is 0 Å². The first-order valence-corrected chi connectivity index (χ1v) is 9.76. The first-order chi connectivity index (χ1) is 13.7. The predicted molar refractivity (Wildman–Crippen MR) is 110 cm³/mol. The highest BCUT2D eigenvalue weighted by Gasteiger charge is 2.25.